The fourth-order valence-electron chi connectivity index (χ4n) is 3.04. The molecule has 0 saturated carbocycles. The maximum absolute atomic E-state index is 11.9. The summed E-state index contributed by atoms with van der Waals surface area (Å²) in [5, 5.41) is 2.98. The molecular formula is C15H27N3O3. The van der Waals surface area contributed by atoms with Gasteiger partial charge in [-0.05, 0) is 25.9 Å². The molecule has 0 bridgehead atoms. The quantitative estimate of drug-likeness (QED) is 0.723. The fraction of sp³-hybridized carbons (Fsp3) is 0.867. The lowest BCUT2D eigenvalue weighted by Gasteiger charge is -2.25. The first-order chi connectivity index (χ1) is 10.2. The van der Waals surface area contributed by atoms with Gasteiger partial charge in [-0.2, -0.15) is 0 Å². The van der Waals surface area contributed by atoms with Gasteiger partial charge in [-0.3, -0.25) is 14.5 Å². The number of nitrogens with one attached hydrogen (secondary N) is 1. The molecule has 120 valence electrons. The summed E-state index contributed by atoms with van der Waals surface area (Å²) < 4.78 is 5.00. The third kappa shape index (κ3) is 5.28. The molecule has 2 amide bonds. The molecule has 2 aliphatic heterocycles. The molecule has 6 heteroatoms. The Morgan fingerprint density at radius 3 is 2.81 bits per heavy atom. The van der Waals surface area contributed by atoms with Gasteiger partial charge in [-0.25, -0.2) is 0 Å². The minimum atomic E-state index is 0.0830. The summed E-state index contributed by atoms with van der Waals surface area (Å²) in [5.74, 6) is 0.488. The van der Waals surface area contributed by atoms with Gasteiger partial charge >= 0.3 is 0 Å². The largest absolute Gasteiger partial charge is 0.383 e. The lowest BCUT2D eigenvalue weighted by Crippen LogP contribution is -2.41. The second-order valence-corrected chi connectivity index (χ2v) is 6.04. The van der Waals surface area contributed by atoms with E-state index in [1.54, 1.807) is 7.11 Å². The standard InChI is InChI=1S/C15H27N3O3/c1-21-8-7-18-11-13(9-15(18)20)10-16-14(19)12-17-5-3-2-4-6-17/h13H,2-12H2,1H3,(H,16,19). The number of likely N-dealkylation sites (tertiary alicyclic amines) is 2. The Balaban J connectivity index is 1.63. The van der Waals surface area contributed by atoms with Gasteiger partial charge in [0.25, 0.3) is 0 Å². The summed E-state index contributed by atoms with van der Waals surface area (Å²) in [7, 11) is 1.64. The van der Waals surface area contributed by atoms with Crippen LogP contribution in [0.3, 0.4) is 0 Å². The summed E-state index contributed by atoms with van der Waals surface area (Å²) in [6.45, 7) is 5.09. The number of ether oxygens (including phenoxy) is 1. The van der Waals surface area contributed by atoms with E-state index in [0.29, 0.717) is 32.7 Å². The summed E-state index contributed by atoms with van der Waals surface area (Å²) >= 11 is 0. The van der Waals surface area contributed by atoms with E-state index in [1.807, 2.05) is 4.90 Å². The van der Waals surface area contributed by atoms with Crippen LogP contribution < -0.4 is 5.32 Å². The van der Waals surface area contributed by atoms with Gasteiger partial charge in [-0.1, -0.05) is 6.42 Å². The Hall–Kier alpha value is -1.14. The van der Waals surface area contributed by atoms with E-state index in [-0.39, 0.29) is 17.7 Å². The lowest BCUT2D eigenvalue weighted by atomic mass is 10.1. The molecule has 0 spiro atoms. The number of methoxy groups -OCH3 is 1. The second-order valence-electron chi connectivity index (χ2n) is 6.04. The minimum absolute atomic E-state index is 0.0830. The molecule has 0 aliphatic carbocycles. The van der Waals surface area contributed by atoms with Crippen molar-refractivity contribution < 1.29 is 14.3 Å². The van der Waals surface area contributed by atoms with E-state index in [2.05, 4.69) is 10.2 Å². The highest BCUT2D eigenvalue weighted by Crippen LogP contribution is 2.16. The predicted molar refractivity (Wildman–Crippen MR) is 79.9 cm³/mol. The number of rotatable bonds is 7. The van der Waals surface area contributed by atoms with E-state index in [9.17, 15) is 9.59 Å². The summed E-state index contributed by atoms with van der Waals surface area (Å²) in [5.41, 5.74) is 0. The Labute approximate surface area is 126 Å². The van der Waals surface area contributed by atoms with Crippen LogP contribution in [0.5, 0.6) is 0 Å². The number of hydrogen-bond acceptors (Lipinski definition) is 4. The molecule has 2 rings (SSSR count). The van der Waals surface area contributed by atoms with Crippen LogP contribution in [0.1, 0.15) is 25.7 Å². The Bertz CT molecular complexity index is 356. The first-order valence-electron chi connectivity index (χ1n) is 7.95. The van der Waals surface area contributed by atoms with Crippen molar-refractivity contribution >= 4 is 11.8 Å². The van der Waals surface area contributed by atoms with E-state index in [4.69, 9.17) is 4.74 Å². The zero-order chi connectivity index (χ0) is 15.1. The number of hydrogen-bond donors (Lipinski definition) is 1. The van der Waals surface area contributed by atoms with E-state index >= 15 is 0 Å². The molecule has 0 aromatic carbocycles. The van der Waals surface area contributed by atoms with Crippen LogP contribution in [0.4, 0.5) is 0 Å². The van der Waals surface area contributed by atoms with Crippen LogP contribution >= 0.6 is 0 Å². The number of nitrogens with zero attached hydrogens (tertiary/aromatic N) is 2. The number of carbonyl (C=O) groups is 2. The van der Waals surface area contributed by atoms with Crippen molar-refractivity contribution in [3.8, 4) is 0 Å². The summed E-state index contributed by atoms with van der Waals surface area (Å²) in [6, 6.07) is 0. The van der Waals surface area contributed by atoms with E-state index in [0.717, 1.165) is 19.6 Å². The van der Waals surface area contributed by atoms with Crippen molar-refractivity contribution in [3.63, 3.8) is 0 Å². The molecule has 2 aliphatic rings. The Morgan fingerprint density at radius 1 is 1.33 bits per heavy atom. The molecule has 21 heavy (non-hydrogen) atoms. The second kappa shape index (κ2) is 8.34. The molecule has 0 aromatic heterocycles. The van der Waals surface area contributed by atoms with Gasteiger partial charge in [-0.15, -0.1) is 0 Å². The van der Waals surface area contributed by atoms with Gasteiger partial charge in [0.05, 0.1) is 13.2 Å². The van der Waals surface area contributed by atoms with Gasteiger partial charge in [0, 0.05) is 39.1 Å². The van der Waals surface area contributed by atoms with Gasteiger partial charge in [0.2, 0.25) is 11.8 Å². The molecule has 2 fully saturated rings. The molecular weight excluding hydrogens is 270 g/mol. The third-order valence-electron chi connectivity index (χ3n) is 4.26. The normalized spacial score (nSPS) is 23.6. The fourth-order valence-corrected chi connectivity index (χ4v) is 3.04. The average Bonchev–Trinajstić information content (AvgIpc) is 2.84. The highest BCUT2D eigenvalue weighted by atomic mass is 16.5. The van der Waals surface area contributed by atoms with Crippen molar-refractivity contribution in [2.75, 3.05) is 53.0 Å². The van der Waals surface area contributed by atoms with Crippen LogP contribution in [-0.4, -0.2) is 74.6 Å². The lowest BCUT2D eigenvalue weighted by molar-refractivity contribution is -0.128. The van der Waals surface area contributed by atoms with Crippen molar-refractivity contribution in [1.82, 2.24) is 15.1 Å². The highest BCUT2D eigenvalue weighted by Gasteiger charge is 2.29. The van der Waals surface area contributed by atoms with Crippen molar-refractivity contribution in [1.29, 1.82) is 0 Å². The summed E-state index contributed by atoms with van der Waals surface area (Å²) in [4.78, 5) is 27.8. The van der Waals surface area contributed by atoms with Crippen LogP contribution in [0, 0.1) is 5.92 Å². The zero-order valence-corrected chi connectivity index (χ0v) is 13.0. The van der Waals surface area contributed by atoms with Crippen LogP contribution in [0.25, 0.3) is 0 Å². The molecule has 1 atom stereocenters. The maximum Gasteiger partial charge on any atom is 0.234 e. The Morgan fingerprint density at radius 2 is 2.10 bits per heavy atom. The molecule has 1 unspecified atom stereocenters. The predicted octanol–water partition coefficient (Wildman–Crippen LogP) is 0.0834. The molecule has 6 nitrogen and oxygen atoms in total. The first kappa shape index (κ1) is 16.2. The van der Waals surface area contributed by atoms with Crippen LogP contribution in [0.15, 0.2) is 0 Å². The van der Waals surface area contributed by atoms with Crippen molar-refractivity contribution in [3.05, 3.63) is 0 Å². The van der Waals surface area contributed by atoms with Crippen molar-refractivity contribution in [2.45, 2.75) is 25.7 Å². The Kier molecular flexibility index (Phi) is 6.45. The molecule has 2 heterocycles. The number of piperidine rings is 1. The molecule has 2 saturated heterocycles. The summed E-state index contributed by atoms with van der Waals surface area (Å²) in [6.07, 6.45) is 4.20. The SMILES string of the molecule is COCCN1CC(CNC(=O)CN2CCCCC2)CC1=O. The minimum Gasteiger partial charge on any atom is -0.383 e. The topological polar surface area (TPSA) is 61.9 Å². The van der Waals surface area contributed by atoms with Gasteiger partial charge < -0.3 is 15.0 Å². The molecule has 0 aromatic rings. The highest BCUT2D eigenvalue weighted by molar-refractivity contribution is 5.80. The monoisotopic (exact) mass is 297 g/mol. The van der Waals surface area contributed by atoms with Crippen molar-refractivity contribution in [2.24, 2.45) is 5.92 Å². The van der Waals surface area contributed by atoms with E-state index < -0.39 is 0 Å². The van der Waals surface area contributed by atoms with Crippen LogP contribution in [-0.2, 0) is 14.3 Å². The zero-order valence-electron chi connectivity index (χ0n) is 13.0. The number of carbonyl (C=O) groups excluding carboxylic acids is 2. The maximum atomic E-state index is 11.9. The number of amides is 2. The van der Waals surface area contributed by atoms with E-state index in [1.165, 1.54) is 19.3 Å². The molecule has 1 N–H and O–H groups in total. The van der Waals surface area contributed by atoms with Crippen LogP contribution in [0.2, 0.25) is 0 Å². The average molecular weight is 297 g/mol. The third-order valence-corrected chi connectivity index (χ3v) is 4.26. The first-order valence-corrected chi connectivity index (χ1v) is 7.95. The molecule has 0 radical (unpaired) electrons. The van der Waals surface area contributed by atoms with Gasteiger partial charge in [0.15, 0.2) is 0 Å². The smallest absolute Gasteiger partial charge is 0.234 e. The van der Waals surface area contributed by atoms with Gasteiger partial charge in [0.1, 0.15) is 0 Å².